The van der Waals surface area contributed by atoms with Crippen LogP contribution in [0.3, 0.4) is 0 Å². The highest BCUT2D eigenvalue weighted by atomic mass is 16.7. The third-order valence-corrected chi connectivity index (χ3v) is 9.40. The number of fused-ring (bicyclic) bond motifs is 5. The molecule has 0 aromatic heterocycles. The minimum atomic E-state index is -1.52. The van der Waals surface area contributed by atoms with E-state index in [4.69, 9.17) is 14.2 Å². The average molecular weight is 614 g/mol. The molecule has 5 N–H and O–H groups in total. The number of phenols is 1. The highest BCUT2D eigenvalue weighted by Crippen LogP contribution is 2.52. The summed E-state index contributed by atoms with van der Waals surface area (Å²) >= 11 is 0. The fourth-order valence-electron chi connectivity index (χ4n) is 7.02. The molecular formula is C36H39NO8. The maximum absolute atomic E-state index is 10.5. The van der Waals surface area contributed by atoms with Crippen molar-refractivity contribution in [2.45, 2.75) is 55.9 Å². The van der Waals surface area contributed by atoms with Gasteiger partial charge in [-0.3, -0.25) is 4.90 Å². The van der Waals surface area contributed by atoms with Gasteiger partial charge in [-0.2, -0.15) is 0 Å². The van der Waals surface area contributed by atoms with E-state index in [-0.39, 0.29) is 11.7 Å². The van der Waals surface area contributed by atoms with Crippen molar-refractivity contribution in [3.63, 3.8) is 0 Å². The maximum atomic E-state index is 10.5. The summed E-state index contributed by atoms with van der Waals surface area (Å²) in [7, 11) is 0. The van der Waals surface area contributed by atoms with E-state index in [1.165, 1.54) is 19.3 Å². The first-order valence-electron chi connectivity index (χ1n) is 15.7. The maximum Gasteiger partial charge on any atom is 0.229 e. The molecule has 2 aliphatic heterocycles. The van der Waals surface area contributed by atoms with Gasteiger partial charge < -0.3 is 39.7 Å². The minimum absolute atomic E-state index is 0.120. The van der Waals surface area contributed by atoms with Crippen molar-refractivity contribution in [1.82, 2.24) is 4.90 Å². The molecule has 0 spiro atoms. The van der Waals surface area contributed by atoms with Gasteiger partial charge >= 0.3 is 0 Å². The number of aliphatic hydroxyl groups is 4. The van der Waals surface area contributed by atoms with Crippen LogP contribution in [0.25, 0.3) is 21.9 Å². The Labute approximate surface area is 261 Å². The quantitative estimate of drug-likeness (QED) is 0.178. The number of aliphatic hydroxyl groups excluding tert-OH is 4. The first-order valence-corrected chi connectivity index (χ1v) is 15.7. The Morgan fingerprint density at radius 1 is 0.778 bits per heavy atom. The second kappa shape index (κ2) is 12.6. The van der Waals surface area contributed by atoms with Gasteiger partial charge in [-0.05, 0) is 101 Å². The first-order chi connectivity index (χ1) is 21.9. The van der Waals surface area contributed by atoms with Gasteiger partial charge in [-0.25, -0.2) is 0 Å². The summed E-state index contributed by atoms with van der Waals surface area (Å²) < 4.78 is 17.6. The highest BCUT2D eigenvalue weighted by Gasteiger charge is 2.44. The number of phenolic OH excluding ortho intramolecular Hbond substituents is 1. The fourth-order valence-corrected chi connectivity index (χ4v) is 7.02. The smallest absolute Gasteiger partial charge is 0.229 e. The van der Waals surface area contributed by atoms with Crippen LogP contribution < -0.4 is 9.47 Å². The number of ether oxygens (including phenoxy) is 3. The fraction of sp³-hybridized carbons (Fsp3) is 0.389. The summed E-state index contributed by atoms with van der Waals surface area (Å²) in [5.74, 6) is 1.33. The summed E-state index contributed by atoms with van der Waals surface area (Å²) in [6.45, 7) is 3.34. The van der Waals surface area contributed by atoms with E-state index in [2.05, 4.69) is 23.1 Å². The van der Waals surface area contributed by atoms with Gasteiger partial charge in [-0.1, -0.05) is 42.8 Å². The van der Waals surface area contributed by atoms with Gasteiger partial charge in [0.25, 0.3) is 0 Å². The molecule has 45 heavy (non-hydrogen) atoms. The van der Waals surface area contributed by atoms with E-state index >= 15 is 0 Å². The number of piperidine rings is 1. The zero-order valence-electron chi connectivity index (χ0n) is 25.0. The number of hydrogen-bond donors (Lipinski definition) is 5. The third kappa shape index (κ3) is 5.76. The van der Waals surface area contributed by atoms with Crippen molar-refractivity contribution in [2.24, 2.45) is 0 Å². The van der Waals surface area contributed by atoms with Crippen LogP contribution >= 0.6 is 0 Å². The van der Waals surface area contributed by atoms with Gasteiger partial charge in [-0.15, -0.1) is 0 Å². The Morgan fingerprint density at radius 2 is 1.53 bits per heavy atom. The summed E-state index contributed by atoms with van der Waals surface area (Å²) in [4.78, 5) is 2.46. The van der Waals surface area contributed by atoms with Gasteiger partial charge in [0, 0.05) is 12.5 Å². The number of hydrogen-bond acceptors (Lipinski definition) is 9. The molecule has 236 valence electrons. The van der Waals surface area contributed by atoms with Crippen LogP contribution in [0.1, 0.15) is 41.9 Å². The van der Waals surface area contributed by atoms with Crippen LogP contribution in [0.15, 0.2) is 72.8 Å². The van der Waals surface area contributed by atoms with Crippen molar-refractivity contribution in [1.29, 1.82) is 0 Å². The molecular weight excluding hydrogens is 574 g/mol. The number of benzene rings is 4. The second-order valence-corrected chi connectivity index (χ2v) is 12.2. The normalized spacial score (nSPS) is 26.4. The molecule has 7 rings (SSSR count). The molecule has 2 saturated heterocycles. The molecule has 4 aromatic carbocycles. The summed E-state index contributed by atoms with van der Waals surface area (Å²) in [6, 6.07) is 23.4. The van der Waals surface area contributed by atoms with Crippen LogP contribution in [-0.2, 0) is 4.74 Å². The molecule has 9 heteroatoms. The van der Waals surface area contributed by atoms with Gasteiger partial charge in [0.05, 0.1) is 6.61 Å². The van der Waals surface area contributed by atoms with E-state index in [1.54, 1.807) is 12.1 Å². The van der Waals surface area contributed by atoms with Gasteiger partial charge in [0.1, 0.15) is 48.3 Å². The lowest BCUT2D eigenvalue weighted by Gasteiger charge is -2.39. The largest absolute Gasteiger partial charge is 0.508 e. The lowest BCUT2D eigenvalue weighted by atomic mass is 9.86. The third-order valence-electron chi connectivity index (χ3n) is 9.40. The molecule has 0 amide bonds. The molecule has 2 fully saturated rings. The predicted octanol–water partition coefficient (Wildman–Crippen LogP) is 3.75. The number of likely N-dealkylation sites (tertiary alicyclic amines) is 1. The lowest BCUT2D eigenvalue weighted by Crippen LogP contribution is -2.60. The number of nitrogens with zero attached hydrogens (tertiary/aromatic N) is 1. The molecule has 1 unspecified atom stereocenters. The molecule has 6 atom stereocenters. The minimum Gasteiger partial charge on any atom is -0.508 e. The standard InChI is InChI=1S/C36H39NO8/c38-20-30-33(40)34(41)35(42)36(45-30)44-25-10-13-26-22(18-25)6-11-28-27-12-7-23(39)19-29(27)31(32(26)28)21-4-8-24(9-5-21)43-17-16-37-14-2-1-3-15-37/h4-13,18-19,30-31,33-36,38-42H,1-3,14-17,20H2/t30-,31?,33-,34+,35-,36-/m1/s1. The van der Waals surface area contributed by atoms with Crippen molar-refractivity contribution in [3.8, 4) is 28.4 Å². The Kier molecular flexibility index (Phi) is 8.39. The Balaban J connectivity index is 1.17. The van der Waals surface area contributed by atoms with E-state index in [0.717, 1.165) is 64.0 Å². The first kappa shape index (κ1) is 30.0. The number of aromatic hydroxyl groups is 1. The summed E-state index contributed by atoms with van der Waals surface area (Å²) in [6.07, 6.45) is -2.97. The van der Waals surface area contributed by atoms with Crippen molar-refractivity contribution < 1.29 is 39.7 Å². The summed E-state index contributed by atoms with van der Waals surface area (Å²) in [5.41, 5.74) is 5.38. The Bertz CT molecular complexity index is 1650. The lowest BCUT2D eigenvalue weighted by molar-refractivity contribution is -0.277. The SMILES string of the molecule is OC[C@H]1O[C@@H](Oc2ccc3c4c(ccc3c2)-c2ccc(O)cc2C4c2ccc(OCCN3CCCCC3)cc2)[C@H](O)[C@@H](O)[C@@H]1O. The topological polar surface area (TPSA) is 132 Å². The van der Waals surface area contributed by atoms with Crippen LogP contribution in [-0.4, -0.2) is 94.0 Å². The molecule has 4 aromatic rings. The zero-order chi connectivity index (χ0) is 31.1. The average Bonchev–Trinajstić information content (AvgIpc) is 3.39. The van der Waals surface area contributed by atoms with Crippen molar-refractivity contribution in [2.75, 3.05) is 32.8 Å². The van der Waals surface area contributed by atoms with Gasteiger partial charge in [0.2, 0.25) is 6.29 Å². The van der Waals surface area contributed by atoms with Crippen molar-refractivity contribution in [3.05, 3.63) is 89.5 Å². The second-order valence-electron chi connectivity index (χ2n) is 12.2. The molecule has 0 saturated carbocycles. The molecule has 1 aliphatic carbocycles. The molecule has 9 nitrogen and oxygen atoms in total. The molecule has 0 bridgehead atoms. The van der Waals surface area contributed by atoms with E-state index in [9.17, 15) is 25.5 Å². The van der Waals surface area contributed by atoms with E-state index < -0.39 is 37.3 Å². The van der Waals surface area contributed by atoms with Crippen LogP contribution in [0, 0.1) is 0 Å². The predicted molar refractivity (Wildman–Crippen MR) is 169 cm³/mol. The monoisotopic (exact) mass is 613 g/mol. The van der Waals surface area contributed by atoms with Crippen LogP contribution in [0.2, 0.25) is 0 Å². The number of rotatable bonds is 8. The van der Waals surface area contributed by atoms with E-state index in [0.29, 0.717) is 12.4 Å². The molecule has 3 aliphatic rings. The Hall–Kier alpha value is -3.70. The summed E-state index contributed by atoms with van der Waals surface area (Å²) in [5, 5.41) is 52.7. The zero-order valence-corrected chi connectivity index (χ0v) is 25.0. The van der Waals surface area contributed by atoms with Crippen molar-refractivity contribution >= 4 is 10.8 Å². The van der Waals surface area contributed by atoms with Gasteiger partial charge in [0.15, 0.2) is 0 Å². The molecule has 2 heterocycles. The Morgan fingerprint density at radius 3 is 2.31 bits per heavy atom. The highest BCUT2D eigenvalue weighted by molar-refractivity contribution is 5.98. The van der Waals surface area contributed by atoms with Crippen LogP contribution in [0.4, 0.5) is 0 Å². The molecule has 0 radical (unpaired) electrons. The van der Waals surface area contributed by atoms with Crippen LogP contribution in [0.5, 0.6) is 17.2 Å². The van der Waals surface area contributed by atoms with E-state index in [1.807, 2.05) is 42.5 Å².